The molecule has 1 aromatic carbocycles. The van der Waals surface area contributed by atoms with Crippen LogP contribution >= 0.6 is 38.5 Å². The van der Waals surface area contributed by atoms with E-state index in [1.54, 1.807) is 29.1 Å². The standard InChI is InChI=1S/C16H14BrIN6O3/c17-12-4-2-1-3-11(12)14(25)19-5-6-20-15(26)16-22-13(23-27-16)9-24-8-10(18)7-21-24/h1-4,7-8H,5-6,9H2,(H,19,25)(H,20,26). The summed E-state index contributed by atoms with van der Waals surface area (Å²) in [5.74, 6) is -0.518. The Kier molecular flexibility index (Phi) is 6.55. The smallest absolute Gasteiger partial charge is 0.316 e. The molecule has 2 aromatic heterocycles. The zero-order chi connectivity index (χ0) is 19.2. The van der Waals surface area contributed by atoms with E-state index in [-0.39, 0.29) is 24.9 Å². The molecular weight excluding hydrogens is 531 g/mol. The van der Waals surface area contributed by atoms with E-state index in [2.05, 4.69) is 64.4 Å². The molecule has 2 amide bonds. The van der Waals surface area contributed by atoms with Crippen molar-refractivity contribution in [3.05, 3.63) is 62.0 Å². The second-order valence-corrected chi connectivity index (χ2v) is 7.46. The number of rotatable bonds is 7. The van der Waals surface area contributed by atoms with E-state index in [0.29, 0.717) is 22.4 Å². The van der Waals surface area contributed by atoms with E-state index in [9.17, 15) is 9.59 Å². The molecular formula is C16H14BrIN6O3. The minimum atomic E-state index is -0.501. The Hall–Kier alpha value is -2.28. The minimum absolute atomic E-state index is 0.135. The number of amides is 2. The van der Waals surface area contributed by atoms with Gasteiger partial charge in [-0.05, 0) is 50.7 Å². The predicted octanol–water partition coefficient (Wildman–Crippen LogP) is 1.84. The summed E-state index contributed by atoms with van der Waals surface area (Å²) >= 11 is 5.47. The topological polar surface area (TPSA) is 115 Å². The predicted molar refractivity (Wildman–Crippen MR) is 107 cm³/mol. The van der Waals surface area contributed by atoms with Crippen molar-refractivity contribution in [1.82, 2.24) is 30.6 Å². The zero-order valence-corrected chi connectivity index (χ0v) is 17.6. The Balaban J connectivity index is 1.44. The average molecular weight is 545 g/mol. The molecule has 0 saturated heterocycles. The van der Waals surface area contributed by atoms with Crippen LogP contribution in [-0.2, 0) is 6.54 Å². The number of carbonyl (C=O) groups excluding carboxylic acids is 2. The van der Waals surface area contributed by atoms with Crippen molar-refractivity contribution < 1.29 is 14.1 Å². The van der Waals surface area contributed by atoms with Crippen LogP contribution in [0.4, 0.5) is 0 Å². The van der Waals surface area contributed by atoms with Gasteiger partial charge in [-0.15, -0.1) is 0 Å². The lowest BCUT2D eigenvalue weighted by atomic mass is 10.2. The maximum atomic E-state index is 12.1. The van der Waals surface area contributed by atoms with Gasteiger partial charge in [0.1, 0.15) is 6.54 Å². The first kappa shape index (κ1) is 19.5. The maximum Gasteiger partial charge on any atom is 0.316 e. The lowest BCUT2D eigenvalue weighted by Crippen LogP contribution is -2.35. The van der Waals surface area contributed by atoms with Crippen LogP contribution < -0.4 is 10.6 Å². The first-order valence-electron chi connectivity index (χ1n) is 7.84. The molecule has 27 heavy (non-hydrogen) atoms. The van der Waals surface area contributed by atoms with Crippen LogP contribution in [0.2, 0.25) is 0 Å². The highest BCUT2D eigenvalue weighted by Crippen LogP contribution is 2.15. The van der Waals surface area contributed by atoms with Crippen molar-refractivity contribution in [3.8, 4) is 0 Å². The number of hydrogen-bond donors (Lipinski definition) is 2. The van der Waals surface area contributed by atoms with Gasteiger partial charge in [0.15, 0.2) is 5.82 Å². The Morgan fingerprint density at radius 3 is 2.63 bits per heavy atom. The minimum Gasteiger partial charge on any atom is -0.350 e. The third-order valence-corrected chi connectivity index (χ3v) is 4.63. The number of benzene rings is 1. The molecule has 9 nitrogen and oxygen atoms in total. The fourth-order valence-electron chi connectivity index (χ4n) is 2.15. The number of hydrogen-bond acceptors (Lipinski definition) is 6. The van der Waals surface area contributed by atoms with Gasteiger partial charge in [-0.2, -0.15) is 10.1 Å². The van der Waals surface area contributed by atoms with Crippen molar-refractivity contribution in [2.24, 2.45) is 0 Å². The SMILES string of the molecule is O=C(NCCNC(=O)c1ccccc1Br)c1nc(Cn2cc(I)cn2)no1. The first-order valence-corrected chi connectivity index (χ1v) is 9.71. The molecule has 0 bridgehead atoms. The monoisotopic (exact) mass is 544 g/mol. The van der Waals surface area contributed by atoms with E-state index in [1.165, 1.54) is 0 Å². The van der Waals surface area contributed by atoms with Crippen LogP contribution in [0, 0.1) is 3.57 Å². The van der Waals surface area contributed by atoms with Gasteiger partial charge in [0.2, 0.25) is 0 Å². The molecule has 140 valence electrons. The summed E-state index contributed by atoms with van der Waals surface area (Å²) < 4.78 is 8.29. The van der Waals surface area contributed by atoms with Crippen molar-refractivity contribution in [2.45, 2.75) is 6.54 Å². The molecule has 3 aromatic rings. The van der Waals surface area contributed by atoms with Crippen molar-refractivity contribution in [2.75, 3.05) is 13.1 Å². The van der Waals surface area contributed by atoms with Crippen molar-refractivity contribution >= 4 is 50.3 Å². The summed E-state index contributed by atoms with van der Waals surface area (Å²) in [7, 11) is 0. The summed E-state index contributed by atoms with van der Waals surface area (Å²) in [5.41, 5.74) is 0.527. The summed E-state index contributed by atoms with van der Waals surface area (Å²) in [6.45, 7) is 0.796. The Bertz CT molecular complexity index is 957. The van der Waals surface area contributed by atoms with Crippen molar-refractivity contribution in [1.29, 1.82) is 0 Å². The van der Waals surface area contributed by atoms with E-state index < -0.39 is 5.91 Å². The van der Waals surface area contributed by atoms with Gasteiger partial charge in [0, 0.05) is 23.8 Å². The molecule has 0 saturated carbocycles. The zero-order valence-electron chi connectivity index (χ0n) is 13.9. The summed E-state index contributed by atoms with van der Waals surface area (Å²) in [6, 6.07) is 7.10. The fraction of sp³-hybridized carbons (Fsp3) is 0.188. The highest BCUT2D eigenvalue weighted by Gasteiger charge is 2.15. The largest absolute Gasteiger partial charge is 0.350 e. The van der Waals surface area contributed by atoms with E-state index in [0.717, 1.165) is 3.57 Å². The van der Waals surface area contributed by atoms with E-state index in [1.807, 2.05) is 12.3 Å². The molecule has 0 spiro atoms. The van der Waals surface area contributed by atoms with Gasteiger partial charge in [0.25, 0.3) is 5.91 Å². The van der Waals surface area contributed by atoms with Gasteiger partial charge in [0.05, 0.1) is 15.3 Å². The molecule has 0 aliphatic carbocycles. The number of nitrogens with one attached hydrogen (secondary N) is 2. The van der Waals surface area contributed by atoms with Crippen LogP contribution in [0.25, 0.3) is 0 Å². The van der Waals surface area contributed by atoms with Crippen LogP contribution in [0.15, 0.2) is 45.7 Å². The molecule has 0 aliphatic rings. The molecule has 2 N–H and O–H groups in total. The Morgan fingerprint density at radius 1 is 1.19 bits per heavy atom. The molecule has 0 fully saturated rings. The first-order chi connectivity index (χ1) is 13.0. The summed E-state index contributed by atoms with van der Waals surface area (Å²) in [6.07, 6.45) is 3.53. The normalized spacial score (nSPS) is 10.6. The number of nitrogens with zero attached hydrogens (tertiary/aromatic N) is 4. The van der Waals surface area contributed by atoms with E-state index >= 15 is 0 Å². The highest BCUT2D eigenvalue weighted by atomic mass is 127. The third-order valence-electron chi connectivity index (χ3n) is 3.38. The molecule has 3 rings (SSSR count). The molecule has 0 radical (unpaired) electrons. The molecule has 0 atom stereocenters. The number of aromatic nitrogens is 4. The lowest BCUT2D eigenvalue weighted by Gasteiger charge is -2.07. The van der Waals surface area contributed by atoms with Crippen LogP contribution in [-0.4, -0.2) is 44.8 Å². The Labute approximate surface area is 176 Å². The highest BCUT2D eigenvalue weighted by molar-refractivity contribution is 14.1. The summed E-state index contributed by atoms with van der Waals surface area (Å²) in [4.78, 5) is 28.1. The van der Waals surface area contributed by atoms with Gasteiger partial charge < -0.3 is 15.2 Å². The fourth-order valence-corrected chi connectivity index (χ4v) is 3.06. The van der Waals surface area contributed by atoms with Gasteiger partial charge in [-0.25, -0.2) is 0 Å². The quantitative estimate of drug-likeness (QED) is 0.346. The van der Waals surface area contributed by atoms with Crippen LogP contribution in [0.3, 0.4) is 0 Å². The van der Waals surface area contributed by atoms with Crippen molar-refractivity contribution in [3.63, 3.8) is 0 Å². The average Bonchev–Trinajstić information content (AvgIpc) is 3.28. The van der Waals surface area contributed by atoms with Gasteiger partial charge in [-0.1, -0.05) is 17.3 Å². The van der Waals surface area contributed by atoms with Crippen LogP contribution in [0.5, 0.6) is 0 Å². The summed E-state index contributed by atoms with van der Waals surface area (Å²) in [5, 5.41) is 13.2. The van der Waals surface area contributed by atoms with Crippen LogP contribution in [0.1, 0.15) is 26.9 Å². The molecule has 0 aliphatic heterocycles. The van der Waals surface area contributed by atoms with Gasteiger partial charge in [-0.3, -0.25) is 14.3 Å². The van der Waals surface area contributed by atoms with E-state index in [4.69, 9.17) is 4.52 Å². The Morgan fingerprint density at radius 2 is 1.93 bits per heavy atom. The maximum absolute atomic E-state index is 12.1. The molecule has 0 unspecified atom stereocenters. The number of halogens is 2. The molecule has 2 heterocycles. The number of carbonyl (C=O) groups is 2. The van der Waals surface area contributed by atoms with Gasteiger partial charge >= 0.3 is 11.8 Å². The third kappa shape index (κ3) is 5.35. The molecule has 11 heteroatoms. The second kappa shape index (κ2) is 9.08. The lowest BCUT2D eigenvalue weighted by molar-refractivity contribution is 0.0898. The second-order valence-electron chi connectivity index (χ2n) is 5.36.